The zero-order chi connectivity index (χ0) is 13.7. The molecule has 1 aliphatic rings. The summed E-state index contributed by atoms with van der Waals surface area (Å²) >= 11 is 7.51. The second-order valence-electron chi connectivity index (χ2n) is 4.87. The van der Waals surface area contributed by atoms with Crippen molar-refractivity contribution in [3.8, 4) is 0 Å². The van der Waals surface area contributed by atoms with Crippen LogP contribution in [0.5, 0.6) is 0 Å². The van der Waals surface area contributed by atoms with Crippen LogP contribution in [0.2, 0.25) is 5.02 Å². The number of carbonyl (C=O) groups excluding carboxylic acids is 1. The summed E-state index contributed by atoms with van der Waals surface area (Å²) in [6.45, 7) is 0.537. The van der Waals surface area contributed by atoms with E-state index >= 15 is 0 Å². The van der Waals surface area contributed by atoms with E-state index in [2.05, 4.69) is 5.32 Å². The summed E-state index contributed by atoms with van der Waals surface area (Å²) in [6.07, 6.45) is 2.38. The Balaban J connectivity index is 1.68. The number of carbonyl (C=O) groups is 1. The number of nitrogens with two attached hydrogens (primary N) is 1. The van der Waals surface area contributed by atoms with Crippen molar-refractivity contribution < 1.29 is 4.79 Å². The first-order valence-electron chi connectivity index (χ1n) is 6.50. The number of hydrogen-bond acceptors (Lipinski definition) is 3. The molecule has 1 aromatic rings. The number of benzene rings is 1. The number of amides is 1. The monoisotopic (exact) mass is 298 g/mol. The highest BCUT2D eigenvalue weighted by Crippen LogP contribution is 2.32. The van der Waals surface area contributed by atoms with Gasteiger partial charge in [-0.3, -0.25) is 4.79 Å². The predicted molar refractivity (Wildman–Crippen MR) is 81.3 cm³/mol. The normalized spacial score (nSPS) is 16.1. The van der Waals surface area contributed by atoms with Crippen molar-refractivity contribution >= 4 is 29.3 Å². The van der Waals surface area contributed by atoms with Crippen molar-refractivity contribution in [3.63, 3.8) is 0 Å². The van der Waals surface area contributed by atoms with Crippen LogP contribution in [-0.4, -0.2) is 24.2 Å². The van der Waals surface area contributed by atoms with Gasteiger partial charge in [0.1, 0.15) is 0 Å². The first-order chi connectivity index (χ1) is 9.19. The Bertz CT molecular complexity index is 437. The summed E-state index contributed by atoms with van der Waals surface area (Å²) in [6, 6.07) is 7.89. The molecule has 1 unspecified atom stereocenters. The number of nitrogens with one attached hydrogen (secondary N) is 1. The van der Waals surface area contributed by atoms with Gasteiger partial charge in [0.05, 0.1) is 5.75 Å². The maximum Gasteiger partial charge on any atom is 0.230 e. The van der Waals surface area contributed by atoms with E-state index in [0.717, 1.165) is 16.3 Å². The fraction of sp³-hybridized carbons (Fsp3) is 0.500. The largest absolute Gasteiger partial charge is 0.351 e. The van der Waals surface area contributed by atoms with Crippen molar-refractivity contribution in [2.75, 3.05) is 12.3 Å². The third kappa shape index (κ3) is 5.05. The summed E-state index contributed by atoms with van der Waals surface area (Å²) in [5.74, 6) is 1.95. The highest BCUT2D eigenvalue weighted by atomic mass is 35.5. The SMILES string of the molecule is NCC(NC(=O)CSCc1cccc(Cl)c1)C1CC1. The van der Waals surface area contributed by atoms with Crippen LogP contribution in [0.1, 0.15) is 18.4 Å². The molecule has 0 bridgehead atoms. The topological polar surface area (TPSA) is 55.1 Å². The number of thioether (sulfide) groups is 1. The molecule has 3 N–H and O–H groups in total. The van der Waals surface area contributed by atoms with Gasteiger partial charge in [-0.15, -0.1) is 11.8 Å². The van der Waals surface area contributed by atoms with E-state index in [0.29, 0.717) is 18.2 Å². The summed E-state index contributed by atoms with van der Waals surface area (Å²) in [5, 5.41) is 3.75. The van der Waals surface area contributed by atoms with Crippen LogP contribution in [0, 0.1) is 5.92 Å². The molecule has 0 saturated heterocycles. The summed E-state index contributed by atoms with van der Waals surface area (Å²) < 4.78 is 0. The van der Waals surface area contributed by atoms with Gasteiger partial charge in [0, 0.05) is 23.4 Å². The molecule has 104 valence electrons. The van der Waals surface area contributed by atoms with E-state index in [4.69, 9.17) is 17.3 Å². The average molecular weight is 299 g/mol. The molecule has 0 aliphatic heterocycles. The van der Waals surface area contributed by atoms with Gasteiger partial charge in [-0.2, -0.15) is 0 Å². The Labute approximate surface area is 123 Å². The minimum Gasteiger partial charge on any atom is -0.351 e. The van der Waals surface area contributed by atoms with Crippen molar-refractivity contribution in [1.82, 2.24) is 5.32 Å². The number of rotatable bonds is 7. The average Bonchev–Trinajstić information content (AvgIpc) is 3.20. The molecule has 19 heavy (non-hydrogen) atoms. The predicted octanol–water partition coefficient (Wildman–Crippen LogP) is 2.43. The Morgan fingerprint density at radius 2 is 2.32 bits per heavy atom. The molecule has 5 heteroatoms. The van der Waals surface area contributed by atoms with Crippen molar-refractivity contribution in [3.05, 3.63) is 34.9 Å². The Morgan fingerprint density at radius 3 is 2.95 bits per heavy atom. The van der Waals surface area contributed by atoms with E-state index in [-0.39, 0.29) is 11.9 Å². The molecule has 1 fully saturated rings. The van der Waals surface area contributed by atoms with Gasteiger partial charge in [-0.25, -0.2) is 0 Å². The smallest absolute Gasteiger partial charge is 0.230 e. The Kier molecular flexibility index (Phi) is 5.55. The Hall–Kier alpha value is -0.710. The molecule has 0 heterocycles. The highest BCUT2D eigenvalue weighted by molar-refractivity contribution is 7.99. The molecule has 0 spiro atoms. The molecule has 2 rings (SSSR count). The second kappa shape index (κ2) is 7.17. The van der Waals surface area contributed by atoms with Crippen LogP contribution < -0.4 is 11.1 Å². The minimum absolute atomic E-state index is 0.0781. The molecule has 1 saturated carbocycles. The third-order valence-electron chi connectivity index (χ3n) is 3.18. The van der Waals surface area contributed by atoms with Crippen LogP contribution in [0.3, 0.4) is 0 Å². The van der Waals surface area contributed by atoms with E-state index in [1.807, 2.05) is 24.3 Å². The van der Waals surface area contributed by atoms with Crippen LogP contribution in [0.4, 0.5) is 0 Å². The Morgan fingerprint density at radius 1 is 1.53 bits per heavy atom. The van der Waals surface area contributed by atoms with Crippen molar-refractivity contribution in [2.45, 2.75) is 24.6 Å². The van der Waals surface area contributed by atoms with Gasteiger partial charge >= 0.3 is 0 Å². The molecule has 0 aromatic heterocycles. The minimum atomic E-state index is 0.0781. The summed E-state index contributed by atoms with van der Waals surface area (Å²) in [5.41, 5.74) is 6.80. The zero-order valence-electron chi connectivity index (χ0n) is 10.8. The van der Waals surface area contributed by atoms with Gasteiger partial charge in [-0.05, 0) is 36.5 Å². The quantitative estimate of drug-likeness (QED) is 0.813. The van der Waals surface area contributed by atoms with Gasteiger partial charge in [0.2, 0.25) is 5.91 Å². The van der Waals surface area contributed by atoms with Crippen LogP contribution in [0.25, 0.3) is 0 Å². The van der Waals surface area contributed by atoms with Crippen LogP contribution >= 0.6 is 23.4 Å². The van der Waals surface area contributed by atoms with E-state index in [1.165, 1.54) is 12.8 Å². The molecule has 1 aliphatic carbocycles. The molecule has 3 nitrogen and oxygen atoms in total. The third-order valence-corrected chi connectivity index (χ3v) is 4.42. The van der Waals surface area contributed by atoms with E-state index in [1.54, 1.807) is 11.8 Å². The van der Waals surface area contributed by atoms with Gasteiger partial charge < -0.3 is 11.1 Å². The van der Waals surface area contributed by atoms with Gasteiger partial charge in [-0.1, -0.05) is 23.7 Å². The second-order valence-corrected chi connectivity index (χ2v) is 6.29. The van der Waals surface area contributed by atoms with Gasteiger partial charge in [0.25, 0.3) is 0 Å². The van der Waals surface area contributed by atoms with E-state index < -0.39 is 0 Å². The number of hydrogen-bond donors (Lipinski definition) is 2. The summed E-state index contributed by atoms with van der Waals surface area (Å²) in [4.78, 5) is 11.8. The molecular weight excluding hydrogens is 280 g/mol. The standard InChI is InChI=1S/C14H19ClN2OS/c15-12-3-1-2-10(6-12)8-19-9-14(18)17-13(7-16)11-4-5-11/h1-3,6,11,13H,4-5,7-9,16H2,(H,17,18). The number of halogens is 1. The zero-order valence-corrected chi connectivity index (χ0v) is 12.3. The maximum absolute atomic E-state index is 11.8. The van der Waals surface area contributed by atoms with Crippen LogP contribution in [-0.2, 0) is 10.5 Å². The van der Waals surface area contributed by atoms with Crippen molar-refractivity contribution in [1.29, 1.82) is 0 Å². The van der Waals surface area contributed by atoms with E-state index in [9.17, 15) is 4.79 Å². The molecule has 1 atom stereocenters. The fourth-order valence-electron chi connectivity index (χ4n) is 2.00. The first kappa shape index (κ1) is 14.7. The molecule has 1 aromatic carbocycles. The molecule has 1 amide bonds. The maximum atomic E-state index is 11.8. The molecular formula is C14H19ClN2OS. The van der Waals surface area contributed by atoms with Gasteiger partial charge in [0.15, 0.2) is 0 Å². The first-order valence-corrected chi connectivity index (χ1v) is 8.04. The van der Waals surface area contributed by atoms with Crippen molar-refractivity contribution in [2.24, 2.45) is 11.7 Å². The fourth-order valence-corrected chi connectivity index (χ4v) is 3.00. The van der Waals surface area contributed by atoms with Crippen LogP contribution in [0.15, 0.2) is 24.3 Å². The highest BCUT2D eigenvalue weighted by Gasteiger charge is 2.30. The lowest BCUT2D eigenvalue weighted by molar-refractivity contribution is -0.119. The lowest BCUT2D eigenvalue weighted by atomic mass is 10.2. The lowest BCUT2D eigenvalue weighted by Gasteiger charge is -2.15. The lowest BCUT2D eigenvalue weighted by Crippen LogP contribution is -2.42. The molecule has 0 radical (unpaired) electrons. The summed E-state index contributed by atoms with van der Waals surface area (Å²) in [7, 11) is 0.